The smallest absolute Gasteiger partial charge is 0.258 e. The van der Waals surface area contributed by atoms with Gasteiger partial charge in [-0.3, -0.25) is 14.8 Å². The third-order valence-electron chi connectivity index (χ3n) is 3.12. The van der Waals surface area contributed by atoms with Crippen molar-refractivity contribution in [2.75, 3.05) is 4.72 Å². The van der Waals surface area contributed by atoms with Gasteiger partial charge in [0.15, 0.2) is 5.13 Å². The van der Waals surface area contributed by atoms with Crippen molar-refractivity contribution in [3.63, 3.8) is 0 Å². The molecule has 3 aromatic rings. The van der Waals surface area contributed by atoms with Gasteiger partial charge in [-0.15, -0.1) is 0 Å². The fourth-order valence-corrected chi connectivity index (χ4v) is 4.20. The van der Waals surface area contributed by atoms with E-state index in [4.69, 9.17) is 0 Å². The Balaban J connectivity index is 1.91. The minimum absolute atomic E-state index is 0.0569. The first-order chi connectivity index (χ1) is 10.8. The average molecular weight is 349 g/mol. The van der Waals surface area contributed by atoms with E-state index in [1.54, 1.807) is 0 Å². The maximum atomic E-state index is 12.3. The third kappa shape index (κ3) is 3.15. The van der Waals surface area contributed by atoms with Crippen molar-refractivity contribution in [1.29, 1.82) is 0 Å². The number of hydrogen-bond acceptors (Lipinski definition) is 6. The summed E-state index contributed by atoms with van der Waals surface area (Å²) < 4.78 is 27.9. The minimum Gasteiger partial charge on any atom is -0.258 e. The molecule has 0 radical (unpaired) electrons. The average Bonchev–Trinajstić information content (AvgIpc) is 2.87. The first-order valence-electron chi connectivity index (χ1n) is 6.50. The van der Waals surface area contributed by atoms with Crippen molar-refractivity contribution >= 4 is 42.4 Å². The van der Waals surface area contributed by atoms with Crippen LogP contribution in [0.3, 0.4) is 0 Å². The molecule has 0 aliphatic heterocycles. The number of aryl methyl sites for hydroxylation is 1. The van der Waals surface area contributed by atoms with Crippen molar-refractivity contribution in [3.05, 3.63) is 58.1 Å². The second kappa shape index (κ2) is 5.60. The Morgan fingerprint density at radius 3 is 2.52 bits per heavy atom. The Hall–Kier alpha value is -2.52. The first kappa shape index (κ1) is 15.4. The summed E-state index contributed by atoms with van der Waals surface area (Å²) in [6, 6.07) is 10.3. The Bertz CT molecular complexity index is 995. The molecule has 1 heterocycles. The van der Waals surface area contributed by atoms with Crippen molar-refractivity contribution < 1.29 is 13.3 Å². The SMILES string of the molecule is Cc1ccc2nc(NS(=O)(=O)c3ccc([N+](=O)[O-])cc3)sc2c1. The Kier molecular flexibility index (Phi) is 3.74. The van der Waals surface area contributed by atoms with E-state index in [9.17, 15) is 18.5 Å². The van der Waals surface area contributed by atoms with Gasteiger partial charge in [-0.05, 0) is 36.8 Å². The maximum absolute atomic E-state index is 12.3. The highest BCUT2D eigenvalue weighted by molar-refractivity contribution is 7.93. The van der Waals surface area contributed by atoms with Gasteiger partial charge < -0.3 is 0 Å². The summed E-state index contributed by atoms with van der Waals surface area (Å²) in [5.74, 6) is 0. The van der Waals surface area contributed by atoms with Gasteiger partial charge in [0.25, 0.3) is 15.7 Å². The summed E-state index contributed by atoms with van der Waals surface area (Å²) in [5, 5.41) is 10.9. The molecule has 0 bridgehead atoms. The number of aromatic nitrogens is 1. The fourth-order valence-electron chi connectivity index (χ4n) is 2.00. The number of nitro groups is 1. The molecular formula is C14H11N3O4S2. The minimum atomic E-state index is -3.84. The summed E-state index contributed by atoms with van der Waals surface area (Å²) in [7, 11) is -3.84. The Morgan fingerprint density at radius 1 is 1.17 bits per heavy atom. The zero-order chi connectivity index (χ0) is 16.6. The lowest BCUT2D eigenvalue weighted by Gasteiger charge is -2.04. The number of fused-ring (bicyclic) bond motifs is 1. The molecule has 118 valence electrons. The number of nitrogens with one attached hydrogen (secondary N) is 1. The molecule has 0 atom stereocenters. The highest BCUT2D eigenvalue weighted by Crippen LogP contribution is 2.28. The van der Waals surface area contributed by atoms with Gasteiger partial charge in [-0.2, -0.15) is 0 Å². The molecule has 0 unspecified atom stereocenters. The number of hydrogen-bond donors (Lipinski definition) is 1. The summed E-state index contributed by atoms with van der Waals surface area (Å²) in [6.07, 6.45) is 0. The van der Waals surface area contributed by atoms with Crippen LogP contribution in [0.1, 0.15) is 5.56 Å². The molecule has 0 amide bonds. The topological polar surface area (TPSA) is 102 Å². The van der Waals surface area contributed by atoms with Crippen LogP contribution in [0.25, 0.3) is 10.2 Å². The number of nitrogens with zero attached hydrogens (tertiary/aromatic N) is 2. The van der Waals surface area contributed by atoms with Gasteiger partial charge in [0.1, 0.15) is 0 Å². The number of anilines is 1. The maximum Gasteiger partial charge on any atom is 0.269 e. The predicted molar refractivity (Wildman–Crippen MR) is 88.3 cm³/mol. The monoisotopic (exact) mass is 349 g/mol. The van der Waals surface area contributed by atoms with Gasteiger partial charge in [0.05, 0.1) is 20.0 Å². The van der Waals surface area contributed by atoms with Crippen LogP contribution < -0.4 is 4.72 Å². The van der Waals surface area contributed by atoms with E-state index >= 15 is 0 Å². The van der Waals surface area contributed by atoms with Crippen LogP contribution in [-0.4, -0.2) is 18.3 Å². The van der Waals surface area contributed by atoms with E-state index in [2.05, 4.69) is 9.71 Å². The van der Waals surface area contributed by atoms with E-state index in [-0.39, 0.29) is 15.7 Å². The third-order valence-corrected chi connectivity index (χ3v) is 5.54. The molecule has 0 aliphatic rings. The Morgan fingerprint density at radius 2 is 1.87 bits per heavy atom. The number of non-ortho nitro benzene ring substituents is 1. The largest absolute Gasteiger partial charge is 0.269 e. The lowest BCUT2D eigenvalue weighted by Crippen LogP contribution is -2.12. The quantitative estimate of drug-likeness (QED) is 0.575. The van der Waals surface area contributed by atoms with Crippen LogP contribution >= 0.6 is 11.3 Å². The second-order valence-electron chi connectivity index (χ2n) is 4.85. The van der Waals surface area contributed by atoms with Crippen molar-refractivity contribution in [1.82, 2.24) is 4.98 Å². The molecule has 9 heteroatoms. The number of thiazole rings is 1. The highest BCUT2D eigenvalue weighted by atomic mass is 32.2. The normalized spacial score (nSPS) is 11.5. The van der Waals surface area contributed by atoms with Crippen LogP contribution in [0, 0.1) is 17.0 Å². The van der Waals surface area contributed by atoms with Crippen molar-refractivity contribution in [2.24, 2.45) is 0 Å². The molecule has 0 spiro atoms. The molecule has 23 heavy (non-hydrogen) atoms. The van der Waals surface area contributed by atoms with E-state index < -0.39 is 14.9 Å². The number of benzene rings is 2. The first-order valence-corrected chi connectivity index (χ1v) is 8.79. The fraction of sp³-hybridized carbons (Fsp3) is 0.0714. The van der Waals surface area contributed by atoms with Gasteiger partial charge in [-0.25, -0.2) is 13.4 Å². The van der Waals surface area contributed by atoms with E-state index in [1.807, 2.05) is 25.1 Å². The molecule has 2 aromatic carbocycles. The van der Waals surface area contributed by atoms with Gasteiger partial charge >= 0.3 is 0 Å². The zero-order valence-electron chi connectivity index (χ0n) is 11.9. The van der Waals surface area contributed by atoms with Crippen LogP contribution in [-0.2, 0) is 10.0 Å². The molecule has 7 nitrogen and oxygen atoms in total. The molecular weight excluding hydrogens is 338 g/mol. The number of nitro benzene ring substituents is 1. The Labute approximate surface area is 135 Å². The lowest BCUT2D eigenvalue weighted by molar-refractivity contribution is -0.384. The molecule has 0 fully saturated rings. The molecule has 1 aromatic heterocycles. The standard InChI is InChI=1S/C14H11N3O4S2/c1-9-2-7-12-13(8-9)22-14(15-12)16-23(20,21)11-5-3-10(4-6-11)17(18)19/h2-8H,1H3,(H,15,16). The number of sulfonamides is 1. The van der Waals surface area contributed by atoms with E-state index in [0.717, 1.165) is 22.4 Å². The summed E-state index contributed by atoms with van der Waals surface area (Å²) in [6.45, 7) is 1.94. The summed E-state index contributed by atoms with van der Waals surface area (Å²) in [5.41, 5.74) is 1.60. The van der Waals surface area contributed by atoms with Crippen molar-refractivity contribution in [2.45, 2.75) is 11.8 Å². The van der Waals surface area contributed by atoms with Crippen LogP contribution in [0.2, 0.25) is 0 Å². The number of rotatable bonds is 4. The molecule has 0 saturated heterocycles. The summed E-state index contributed by atoms with van der Waals surface area (Å²) in [4.78, 5) is 14.2. The molecule has 0 saturated carbocycles. The van der Waals surface area contributed by atoms with Crippen LogP contribution in [0.5, 0.6) is 0 Å². The van der Waals surface area contributed by atoms with Crippen LogP contribution in [0.4, 0.5) is 10.8 Å². The lowest BCUT2D eigenvalue weighted by atomic mass is 10.2. The van der Waals surface area contributed by atoms with E-state index in [1.165, 1.54) is 23.5 Å². The summed E-state index contributed by atoms with van der Waals surface area (Å²) >= 11 is 1.23. The van der Waals surface area contributed by atoms with Crippen LogP contribution in [0.15, 0.2) is 47.4 Å². The molecule has 1 N–H and O–H groups in total. The van der Waals surface area contributed by atoms with Crippen molar-refractivity contribution in [3.8, 4) is 0 Å². The predicted octanol–water partition coefficient (Wildman–Crippen LogP) is 3.31. The molecule has 3 rings (SSSR count). The van der Waals surface area contributed by atoms with Gasteiger partial charge in [0, 0.05) is 12.1 Å². The highest BCUT2D eigenvalue weighted by Gasteiger charge is 2.18. The van der Waals surface area contributed by atoms with E-state index in [0.29, 0.717) is 5.52 Å². The van der Waals surface area contributed by atoms with Gasteiger partial charge in [0.2, 0.25) is 0 Å². The second-order valence-corrected chi connectivity index (χ2v) is 7.56. The van der Waals surface area contributed by atoms with Gasteiger partial charge in [-0.1, -0.05) is 17.4 Å². The zero-order valence-corrected chi connectivity index (χ0v) is 13.5. The molecule has 0 aliphatic carbocycles.